The molecule has 3 N–H and O–H groups in total. The number of benzene rings is 1. The first-order chi connectivity index (χ1) is 7.22. The fourth-order valence-electron chi connectivity index (χ4n) is 1.07. The van der Waals surface area contributed by atoms with Crippen molar-refractivity contribution in [1.29, 1.82) is 0 Å². The second kappa shape index (κ2) is 6.16. The molecule has 0 aromatic heterocycles. The van der Waals surface area contributed by atoms with Crippen molar-refractivity contribution in [2.24, 2.45) is 5.73 Å². The van der Waals surface area contributed by atoms with Crippen molar-refractivity contribution in [3.05, 3.63) is 35.9 Å². The molecular weight excluding hydrogens is 194 g/mol. The summed E-state index contributed by atoms with van der Waals surface area (Å²) in [5.74, 6) is -0.434. The van der Waals surface area contributed by atoms with Crippen LogP contribution in [0.2, 0.25) is 0 Å². The topological polar surface area (TPSA) is 72.5 Å². The third-order valence-corrected chi connectivity index (χ3v) is 1.92. The van der Waals surface area contributed by atoms with Crippen LogP contribution < -0.4 is 5.73 Å². The van der Waals surface area contributed by atoms with Crippen molar-refractivity contribution in [3.8, 4) is 0 Å². The Morgan fingerprint density at radius 1 is 1.40 bits per heavy atom. The number of aliphatic hydroxyl groups excluding tert-OH is 1. The van der Waals surface area contributed by atoms with E-state index in [1.165, 1.54) is 0 Å². The summed E-state index contributed by atoms with van der Waals surface area (Å²) in [6, 6.07) is 9.37. The Morgan fingerprint density at radius 3 is 2.67 bits per heavy atom. The Hall–Kier alpha value is -1.39. The van der Waals surface area contributed by atoms with Gasteiger partial charge in [-0.2, -0.15) is 0 Å². The molecule has 0 saturated carbocycles. The maximum absolute atomic E-state index is 11.1. The van der Waals surface area contributed by atoms with E-state index in [1.54, 1.807) is 0 Å². The molecule has 0 aliphatic carbocycles. The molecule has 4 heteroatoms. The number of nitrogens with two attached hydrogens (primary N) is 1. The maximum atomic E-state index is 11.1. The first kappa shape index (κ1) is 11.7. The number of esters is 1. The van der Waals surface area contributed by atoms with Crippen molar-refractivity contribution in [3.63, 3.8) is 0 Å². The largest absolute Gasteiger partial charge is 0.461 e. The molecule has 0 spiro atoms. The number of aliphatic hydroxyl groups is 1. The molecule has 1 aromatic carbocycles. The Labute approximate surface area is 88.7 Å². The van der Waals surface area contributed by atoms with Crippen LogP contribution in [0.4, 0.5) is 0 Å². The third kappa shape index (κ3) is 4.58. The lowest BCUT2D eigenvalue weighted by Gasteiger charge is -2.07. The average molecular weight is 209 g/mol. The molecule has 0 bridgehead atoms. The zero-order valence-electron chi connectivity index (χ0n) is 8.43. The molecule has 1 atom stereocenters. The standard InChI is InChI=1S/C11H15NO3/c12-7-10(13)6-11(14)15-8-9-4-2-1-3-5-9/h1-5,10,13H,6-8,12H2. The summed E-state index contributed by atoms with van der Waals surface area (Å²) in [6.07, 6.45) is -0.864. The van der Waals surface area contributed by atoms with Gasteiger partial charge in [-0.1, -0.05) is 30.3 Å². The van der Waals surface area contributed by atoms with Gasteiger partial charge in [0.25, 0.3) is 0 Å². The predicted molar refractivity (Wildman–Crippen MR) is 55.9 cm³/mol. The molecule has 0 heterocycles. The molecule has 4 nitrogen and oxygen atoms in total. The Balaban J connectivity index is 2.29. The Kier molecular flexibility index (Phi) is 4.80. The van der Waals surface area contributed by atoms with Crippen molar-refractivity contribution in [2.45, 2.75) is 19.1 Å². The van der Waals surface area contributed by atoms with Gasteiger partial charge in [0.2, 0.25) is 0 Å². The zero-order valence-corrected chi connectivity index (χ0v) is 8.43. The first-order valence-corrected chi connectivity index (χ1v) is 4.80. The van der Waals surface area contributed by atoms with Gasteiger partial charge in [0.15, 0.2) is 0 Å². The molecule has 0 amide bonds. The van der Waals surface area contributed by atoms with Crippen LogP contribution in [0, 0.1) is 0 Å². The molecular formula is C11H15NO3. The molecule has 1 unspecified atom stereocenters. The molecule has 1 aromatic rings. The third-order valence-electron chi connectivity index (χ3n) is 1.92. The molecule has 82 valence electrons. The molecule has 15 heavy (non-hydrogen) atoms. The van der Waals surface area contributed by atoms with Crippen LogP contribution in [0.3, 0.4) is 0 Å². The van der Waals surface area contributed by atoms with Crippen LogP contribution in [0.25, 0.3) is 0 Å². The van der Waals surface area contributed by atoms with E-state index in [9.17, 15) is 4.79 Å². The van der Waals surface area contributed by atoms with Gasteiger partial charge >= 0.3 is 5.97 Å². The number of ether oxygens (including phenoxy) is 1. The van der Waals surface area contributed by atoms with E-state index in [0.717, 1.165) is 5.56 Å². The summed E-state index contributed by atoms with van der Waals surface area (Å²) in [4.78, 5) is 11.1. The Morgan fingerprint density at radius 2 is 2.07 bits per heavy atom. The van der Waals surface area contributed by atoms with Gasteiger partial charge in [0, 0.05) is 6.54 Å². The molecule has 0 saturated heterocycles. The number of carbonyl (C=O) groups is 1. The first-order valence-electron chi connectivity index (χ1n) is 4.80. The number of carbonyl (C=O) groups excluding carboxylic acids is 1. The molecule has 0 aliphatic rings. The Bertz CT molecular complexity index is 300. The summed E-state index contributed by atoms with van der Waals surface area (Å²) in [7, 11) is 0. The average Bonchev–Trinajstić information content (AvgIpc) is 2.27. The van der Waals surface area contributed by atoms with E-state index >= 15 is 0 Å². The van der Waals surface area contributed by atoms with Gasteiger partial charge in [-0.05, 0) is 5.56 Å². The van der Waals surface area contributed by atoms with Gasteiger partial charge in [-0.25, -0.2) is 0 Å². The normalized spacial score (nSPS) is 12.1. The van der Waals surface area contributed by atoms with Gasteiger partial charge < -0.3 is 15.6 Å². The van der Waals surface area contributed by atoms with Crippen LogP contribution >= 0.6 is 0 Å². The smallest absolute Gasteiger partial charge is 0.308 e. The lowest BCUT2D eigenvalue weighted by atomic mass is 10.2. The summed E-state index contributed by atoms with van der Waals surface area (Å²) < 4.78 is 4.95. The second-order valence-corrected chi connectivity index (χ2v) is 3.24. The maximum Gasteiger partial charge on any atom is 0.308 e. The predicted octanol–water partition coefficient (Wildman–Crippen LogP) is 0.439. The lowest BCUT2D eigenvalue weighted by molar-refractivity contribution is -0.147. The van der Waals surface area contributed by atoms with E-state index in [0.29, 0.717) is 0 Å². The zero-order chi connectivity index (χ0) is 11.1. The lowest BCUT2D eigenvalue weighted by Crippen LogP contribution is -2.24. The van der Waals surface area contributed by atoms with E-state index in [1.807, 2.05) is 30.3 Å². The number of hydrogen-bond donors (Lipinski definition) is 2. The fraction of sp³-hybridized carbons (Fsp3) is 0.364. The highest BCUT2D eigenvalue weighted by atomic mass is 16.5. The van der Waals surface area contributed by atoms with Crippen molar-refractivity contribution >= 4 is 5.97 Å². The summed E-state index contributed by atoms with van der Waals surface area (Å²) in [5, 5.41) is 9.10. The highest BCUT2D eigenvalue weighted by Crippen LogP contribution is 2.02. The van der Waals surface area contributed by atoms with Crippen molar-refractivity contribution in [2.75, 3.05) is 6.54 Å². The van der Waals surface area contributed by atoms with Gasteiger partial charge in [0.1, 0.15) is 6.61 Å². The number of rotatable bonds is 5. The highest BCUT2D eigenvalue weighted by molar-refractivity contribution is 5.69. The van der Waals surface area contributed by atoms with Crippen LogP contribution in [0.5, 0.6) is 0 Å². The molecule has 1 rings (SSSR count). The van der Waals surface area contributed by atoms with Crippen LogP contribution in [0.1, 0.15) is 12.0 Å². The number of hydrogen-bond acceptors (Lipinski definition) is 4. The van der Waals surface area contributed by atoms with Crippen LogP contribution in [-0.4, -0.2) is 23.7 Å². The SMILES string of the molecule is NCC(O)CC(=O)OCc1ccccc1. The van der Waals surface area contributed by atoms with Gasteiger partial charge in [0.05, 0.1) is 12.5 Å². The van der Waals surface area contributed by atoms with Crippen molar-refractivity contribution in [1.82, 2.24) is 0 Å². The van der Waals surface area contributed by atoms with E-state index in [4.69, 9.17) is 15.6 Å². The quantitative estimate of drug-likeness (QED) is 0.690. The van der Waals surface area contributed by atoms with Gasteiger partial charge in [-0.15, -0.1) is 0 Å². The van der Waals surface area contributed by atoms with Crippen LogP contribution in [0.15, 0.2) is 30.3 Å². The fourth-order valence-corrected chi connectivity index (χ4v) is 1.07. The van der Waals surface area contributed by atoms with E-state index < -0.39 is 12.1 Å². The van der Waals surface area contributed by atoms with Crippen molar-refractivity contribution < 1.29 is 14.6 Å². The van der Waals surface area contributed by atoms with E-state index in [-0.39, 0.29) is 19.6 Å². The minimum Gasteiger partial charge on any atom is -0.461 e. The highest BCUT2D eigenvalue weighted by Gasteiger charge is 2.09. The summed E-state index contributed by atoms with van der Waals surface area (Å²) in [5.41, 5.74) is 6.09. The summed E-state index contributed by atoms with van der Waals surface area (Å²) in [6.45, 7) is 0.303. The second-order valence-electron chi connectivity index (χ2n) is 3.24. The minimum atomic E-state index is -0.812. The molecule has 0 fully saturated rings. The van der Waals surface area contributed by atoms with E-state index in [2.05, 4.69) is 0 Å². The molecule has 0 aliphatic heterocycles. The van der Waals surface area contributed by atoms with Gasteiger partial charge in [-0.3, -0.25) is 4.79 Å². The monoisotopic (exact) mass is 209 g/mol. The summed E-state index contributed by atoms with van der Waals surface area (Å²) >= 11 is 0. The van der Waals surface area contributed by atoms with Crippen LogP contribution in [-0.2, 0) is 16.1 Å². The molecule has 0 radical (unpaired) electrons. The minimum absolute atomic E-state index is 0.0522.